The predicted molar refractivity (Wildman–Crippen MR) is 103 cm³/mol. The third kappa shape index (κ3) is 4.64. The minimum absolute atomic E-state index is 0.00297. The molecule has 0 N–H and O–H groups in total. The van der Waals surface area contributed by atoms with Crippen molar-refractivity contribution in [3.63, 3.8) is 0 Å². The summed E-state index contributed by atoms with van der Waals surface area (Å²) in [5.74, 6) is -0.451. The summed E-state index contributed by atoms with van der Waals surface area (Å²) in [6, 6.07) is 11.1. The highest BCUT2D eigenvalue weighted by atomic mass is 35.5. The molecule has 28 heavy (non-hydrogen) atoms. The van der Waals surface area contributed by atoms with E-state index < -0.39 is 16.0 Å². The van der Waals surface area contributed by atoms with Crippen LogP contribution in [-0.2, 0) is 26.1 Å². The maximum Gasteiger partial charge on any atom is 0.342 e. The van der Waals surface area contributed by atoms with Crippen molar-refractivity contribution in [1.82, 2.24) is 4.31 Å². The van der Waals surface area contributed by atoms with Gasteiger partial charge in [0.25, 0.3) is 0 Å². The molecule has 1 aliphatic rings. The summed E-state index contributed by atoms with van der Waals surface area (Å²) in [7, 11) is -2.34. The zero-order valence-corrected chi connectivity index (χ0v) is 16.8. The molecule has 0 atom stereocenters. The molecule has 0 spiro atoms. The molecule has 3 rings (SSSR count). The van der Waals surface area contributed by atoms with Gasteiger partial charge in [-0.1, -0.05) is 23.7 Å². The summed E-state index contributed by atoms with van der Waals surface area (Å²) in [4.78, 5) is 12.6. The highest BCUT2D eigenvalue weighted by molar-refractivity contribution is 7.89. The van der Waals surface area contributed by atoms with E-state index in [-0.39, 0.29) is 35.9 Å². The van der Waals surface area contributed by atoms with Gasteiger partial charge in [-0.15, -0.1) is 0 Å². The number of sulfonamides is 1. The van der Waals surface area contributed by atoms with E-state index >= 15 is 0 Å². The highest BCUT2D eigenvalue weighted by Gasteiger charge is 2.28. The Bertz CT molecular complexity index is 957. The monoisotopic (exact) mass is 425 g/mol. The fourth-order valence-electron chi connectivity index (χ4n) is 2.80. The third-order valence-corrected chi connectivity index (χ3v) is 6.39. The number of carbonyl (C=O) groups excluding carboxylic acids is 1. The highest BCUT2D eigenvalue weighted by Crippen LogP contribution is 2.26. The molecule has 0 bridgehead atoms. The van der Waals surface area contributed by atoms with Crippen molar-refractivity contribution in [3.05, 3.63) is 58.6 Å². The van der Waals surface area contributed by atoms with E-state index in [2.05, 4.69) is 0 Å². The van der Waals surface area contributed by atoms with Crippen molar-refractivity contribution in [1.29, 1.82) is 0 Å². The fourth-order valence-corrected chi connectivity index (χ4v) is 4.44. The fraction of sp³-hybridized carbons (Fsp3) is 0.316. The van der Waals surface area contributed by atoms with Gasteiger partial charge in [-0.05, 0) is 35.9 Å². The maximum atomic E-state index is 12.8. The summed E-state index contributed by atoms with van der Waals surface area (Å²) >= 11 is 5.93. The normalized spacial score (nSPS) is 15.2. The average molecular weight is 426 g/mol. The topological polar surface area (TPSA) is 82.1 Å². The van der Waals surface area contributed by atoms with Crippen LogP contribution in [0.3, 0.4) is 0 Å². The summed E-state index contributed by atoms with van der Waals surface area (Å²) in [5.41, 5.74) is 0.760. The van der Waals surface area contributed by atoms with Crippen LogP contribution < -0.4 is 4.74 Å². The van der Waals surface area contributed by atoms with Crippen molar-refractivity contribution in [3.8, 4) is 5.75 Å². The van der Waals surface area contributed by atoms with Crippen molar-refractivity contribution >= 4 is 27.6 Å². The number of nitrogens with zero attached hydrogens (tertiary/aromatic N) is 1. The van der Waals surface area contributed by atoms with Crippen LogP contribution in [0.4, 0.5) is 0 Å². The van der Waals surface area contributed by atoms with E-state index in [0.29, 0.717) is 18.2 Å². The number of hydrogen-bond acceptors (Lipinski definition) is 6. The molecule has 0 unspecified atom stereocenters. The van der Waals surface area contributed by atoms with E-state index in [9.17, 15) is 13.2 Å². The van der Waals surface area contributed by atoms with Gasteiger partial charge in [0.05, 0.1) is 25.2 Å². The molecule has 1 heterocycles. The molecule has 2 aromatic rings. The Morgan fingerprint density at radius 2 is 1.93 bits per heavy atom. The molecule has 1 saturated heterocycles. The molecule has 1 fully saturated rings. The lowest BCUT2D eigenvalue weighted by molar-refractivity contribution is 0.0468. The molecule has 0 saturated carbocycles. The predicted octanol–water partition coefficient (Wildman–Crippen LogP) is 2.73. The SMILES string of the molecule is COc1ccc(S(=O)(=O)N2CCOCC2)cc1C(=O)OCc1cccc(Cl)c1. The molecule has 150 valence electrons. The molecule has 1 aliphatic heterocycles. The number of esters is 1. The Morgan fingerprint density at radius 3 is 2.61 bits per heavy atom. The van der Waals surface area contributed by atoms with E-state index in [0.717, 1.165) is 5.56 Å². The number of benzene rings is 2. The van der Waals surface area contributed by atoms with Gasteiger partial charge in [0.2, 0.25) is 10.0 Å². The van der Waals surface area contributed by atoms with Crippen LogP contribution in [0.25, 0.3) is 0 Å². The van der Waals surface area contributed by atoms with Crippen LogP contribution in [0.1, 0.15) is 15.9 Å². The van der Waals surface area contributed by atoms with Crippen LogP contribution in [0.5, 0.6) is 5.75 Å². The lowest BCUT2D eigenvalue weighted by Crippen LogP contribution is -2.40. The Kier molecular flexibility index (Phi) is 6.56. The molecule has 0 amide bonds. The molecule has 0 aromatic heterocycles. The van der Waals surface area contributed by atoms with Gasteiger partial charge in [0.1, 0.15) is 17.9 Å². The van der Waals surface area contributed by atoms with Crippen molar-refractivity contribution < 1.29 is 27.4 Å². The van der Waals surface area contributed by atoms with Gasteiger partial charge in [-0.2, -0.15) is 4.31 Å². The molecular formula is C19H20ClNO6S. The van der Waals surface area contributed by atoms with E-state index in [1.165, 1.54) is 29.6 Å². The molecular weight excluding hydrogens is 406 g/mol. The second-order valence-electron chi connectivity index (χ2n) is 6.08. The van der Waals surface area contributed by atoms with E-state index in [4.69, 9.17) is 25.8 Å². The summed E-state index contributed by atoms with van der Waals surface area (Å²) < 4.78 is 42.7. The molecule has 2 aromatic carbocycles. The third-order valence-electron chi connectivity index (χ3n) is 4.26. The second-order valence-corrected chi connectivity index (χ2v) is 8.46. The van der Waals surface area contributed by atoms with Crippen molar-refractivity contribution in [2.75, 3.05) is 33.4 Å². The van der Waals surface area contributed by atoms with Crippen LogP contribution >= 0.6 is 11.6 Å². The first-order valence-electron chi connectivity index (χ1n) is 8.59. The standard InChI is InChI=1S/C19H20ClNO6S/c1-25-18-6-5-16(28(23,24)21-7-9-26-10-8-21)12-17(18)19(22)27-13-14-3-2-4-15(20)11-14/h2-6,11-12H,7-10,13H2,1H3. The van der Waals surface area contributed by atoms with Crippen LogP contribution in [-0.4, -0.2) is 52.1 Å². The first-order chi connectivity index (χ1) is 13.4. The first-order valence-corrected chi connectivity index (χ1v) is 10.4. The number of rotatable bonds is 6. The molecule has 9 heteroatoms. The second kappa shape index (κ2) is 8.91. The van der Waals surface area contributed by atoms with Gasteiger partial charge in [-0.3, -0.25) is 0 Å². The number of ether oxygens (including phenoxy) is 3. The summed E-state index contributed by atoms with van der Waals surface area (Å²) in [6.45, 7) is 1.21. The lowest BCUT2D eigenvalue weighted by atomic mass is 10.2. The van der Waals surface area contributed by atoms with Gasteiger partial charge >= 0.3 is 5.97 Å². The van der Waals surface area contributed by atoms with Gasteiger partial charge in [0.15, 0.2) is 0 Å². The average Bonchev–Trinajstić information content (AvgIpc) is 2.72. The molecule has 0 aliphatic carbocycles. The zero-order chi connectivity index (χ0) is 20.1. The van der Waals surface area contributed by atoms with Crippen LogP contribution in [0, 0.1) is 0 Å². The van der Waals surface area contributed by atoms with Gasteiger partial charge in [0, 0.05) is 18.1 Å². The van der Waals surface area contributed by atoms with Crippen molar-refractivity contribution in [2.45, 2.75) is 11.5 Å². The molecule has 7 nitrogen and oxygen atoms in total. The van der Waals surface area contributed by atoms with Crippen LogP contribution in [0.2, 0.25) is 5.02 Å². The first kappa shape index (κ1) is 20.6. The largest absolute Gasteiger partial charge is 0.496 e. The van der Waals surface area contributed by atoms with E-state index in [1.54, 1.807) is 24.3 Å². The smallest absolute Gasteiger partial charge is 0.342 e. The number of halogens is 1. The minimum Gasteiger partial charge on any atom is -0.496 e. The zero-order valence-electron chi connectivity index (χ0n) is 15.3. The van der Waals surface area contributed by atoms with Crippen LogP contribution in [0.15, 0.2) is 47.4 Å². The summed E-state index contributed by atoms with van der Waals surface area (Å²) in [5, 5.41) is 0.532. The van der Waals surface area contributed by atoms with E-state index in [1.807, 2.05) is 0 Å². The number of hydrogen-bond donors (Lipinski definition) is 0. The van der Waals surface area contributed by atoms with Gasteiger partial charge in [-0.25, -0.2) is 13.2 Å². The Morgan fingerprint density at radius 1 is 1.18 bits per heavy atom. The summed E-state index contributed by atoms with van der Waals surface area (Å²) in [6.07, 6.45) is 0. The Labute approximate surface area is 168 Å². The Balaban J connectivity index is 1.83. The minimum atomic E-state index is -3.74. The number of morpholine rings is 1. The quantitative estimate of drug-likeness (QED) is 0.662. The number of methoxy groups -OCH3 is 1. The molecule has 0 radical (unpaired) electrons. The van der Waals surface area contributed by atoms with Gasteiger partial charge < -0.3 is 14.2 Å². The Hall–Kier alpha value is -2.13. The maximum absolute atomic E-state index is 12.8. The van der Waals surface area contributed by atoms with Crippen molar-refractivity contribution in [2.24, 2.45) is 0 Å². The number of carbonyl (C=O) groups is 1. The lowest BCUT2D eigenvalue weighted by Gasteiger charge is -2.26.